The van der Waals surface area contributed by atoms with Gasteiger partial charge in [0, 0.05) is 19.4 Å². The summed E-state index contributed by atoms with van der Waals surface area (Å²) >= 11 is 0. The number of ether oxygens (including phenoxy) is 1. The van der Waals surface area contributed by atoms with Crippen molar-refractivity contribution in [2.45, 2.75) is 31.8 Å². The lowest BCUT2D eigenvalue weighted by molar-refractivity contribution is -0.120. The Bertz CT molecular complexity index is 313. The molecule has 0 saturated carbocycles. The van der Waals surface area contributed by atoms with E-state index in [1.54, 1.807) is 0 Å². The van der Waals surface area contributed by atoms with Crippen molar-refractivity contribution in [2.24, 2.45) is 0 Å². The minimum absolute atomic E-state index is 0.182. The smallest absolute Gasteiger partial charge is 0.139 e. The Morgan fingerprint density at radius 2 is 2.13 bits per heavy atom. The van der Waals surface area contributed by atoms with E-state index in [2.05, 4.69) is 0 Å². The molecule has 1 heterocycles. The Hall–Kier alpha value is -1.15. The monoisotopic (exact) mass is 204 g/mol. The second-order valence-electron chi connectivity index (χ2n) is 4.04. The molecule has 1 fully saturated rings. The fourth-order valence-electron chi connectivity index (χ4n) is 1.95. The van der Waals surface area contributed by atoms with Gasteiger partial charge in [-0.1, -0.05) is 30.3 Å². The largest absolute Gasteiger partial charge is 0.378 e. The number of carbonyl (C=O) groups is 1. The molecule has 0 N–H and O–H groups in total. The highest BCUT2D eigenvalue weighted by Gasteiger charge is 2.18. The molecule has 0 bridgehead atoms. The van der Waals surface area contributed by atoms with Gasteiger partial charge >= 0.3 is 0 Å². The van der Waals surface area contributed by atoms with E-state index in [1.165, 1.54) is 0 Å². The maximum Gasteiger partial charge on any atom is 0.139 e. The van der Waals surface area contributed by atoms with Crippen LogP contribution in [-0.2, 0) is 16.0 Å². The predicted molar refractivity (Wildman–Crippen MR) is 58.7 cm³/mol. The van der Waals surface area contributed by atoms with Crippen molar-refractivity contribution < 1.29 is 9.53 Å². The van der Waals surface area contributed by atoms with Gasteiger partial charge in [-0.15, -0.1) is 0 Å². The van der Waals surface area contributed by atoms with E-state index in [9.17, 15) is 4.79 Å². The lowest BCUT2D eigenvalue weighted by Crippen LogP contribution is -2.14. The summed E-state index contributed by atoms with van der Waals surface area (Å²) < 4.78 is 5.44. The van der Waals surface area contributed by atoms with E-state index in [4.69, 9.17) is 4.74 Å². The highest BCUT2D eigenvalue weighted by molar-refractivity contribution is 5.81. The predicted octanol–water partition coefficient (Wildman–Crippen LogP) is 2.37. The molecular weight excluding hydrogens is 188 g/mol. The summed E-state index contributed by atoms with van der Waals surface area (Å²) in [6.45, 7) is 0.823. The lowest BCUT2D eigenvalue weighted by Gasteiger charge is -2.07. The Morgan fingerprint density at radius 3 is 2.80 bits per heavy atom. The molecule has 15 heavy (non-hydrogen) atoms. The van der Waals surface area contributed by atoms with E-state index in [-0.39, 0.29) is 11.9 Å². The van der Waals surface area contributed by atoms with Crippen molar-refractivity contribution in [1.82, 2.24) is 0 Å². The third kappa shape index (κ3) is 3.17. The van der Waals surface area contributed by atoms with E-state index in [0.29, 0.717) is 12.8 Å². The average molecular weight is 204 g/mol. The minimum Gasteiger partial charge on any atom is -0.378 e. The second-order valence-corrected chi connectivity index (χ2v) is 4.04. The third-order valence-corrected chi connectivity index (χ3v) is 2.72. The summed E-state index contributed by atoms with van der Waals surface area (Å²) in [6.07, 6.45) is 3.44. The van der Waals surface area contributed by atoms with Gasteiger partial charge in [-0.05, 0) is 18.4 Å². The van der Waals surface area contributed by atoms with Crippen LogP contribution in [0.1, 0.15) is 24.8 Å². The Kier molecular flexibility index (Phi) is 3.51. The van der Waals surface area contributed by atoms with Crippen molar-refractivity contribution >= 4 is 5.78 Å². The van der Waals surface area contributed by atoms with Gasteiger partial charge in [0.05, 0.1) is 6.10 Å². The van der Waals surface area contributed by atoms with Crippen LogP contribution >= 0.6 is 0 Å². The molecule has 1 saturated heterocycles. The molecular formula is C13H16O2. The van der Waals surface area contributed by atoms with E-state index in [0.717, 1.165) is 25.0 Å². The number of hydrogen-bond donors (Lipinski definition) is 0. The summed E-state index contributed by atoms with van der Waals surface area (Å²) in [7, 11) is 0. The number of carbonyl (C=O) groups excluding carboxylic acids is 1. The van der Waals surface area contributed by atoms with Gasteiger partial charge < -0.3 is 4.74 Å². The first-order chi connectivity index (χ1) is 7.34. The highest BCUT2D eigenvalue weighted by atomic mass is 16.5. The van der Waals surface area contributed by atoms with Crippen LogP contribution in [0.15, 0.2) is 30.3 Å². The standard InChI is InChI=1S/C13H16O2/c14-12(10-13-7-4-8-15-13)9-11-5-2-1-3-6-11/h1-3,5-6,13H,4,7-10H2. The third-order valence-electron chi connectivity index (χ3n) is 2.72. The summed E-state index contributed by atoms with van der Waals surface area (Å²) in [5, 5.41) is 0. The fourth-order valence-corrected chi connectivity index (χ4v) is 1.95. The molecule has 1 aromatic carbocycles. The maximum absolute atomic E-state index is 11.7. The quantitative estimate of drug-likeness (QED) is 0.752. The van der Waals surface area contributed by atoms with Crippen molar-refractivity contribution in [3.63, 3.8) is 0 Å². The molecule has 0 aromatic heterocycles. The zero-order valence-electron chi connectivity index (χ0n) is 8.82. The molecule has 0 aliphatic carbocycles. The van der Waals surface area contributed by atoms with Crippen LogP contribution in [0.2, 0.25) is 0 Å². The zero-order chi connectivity index (χ0) is 10.5. The Morgan fingerprint density at radius 1 is 1.33 bits per heavy atom. The molecule has 1 aliphatic rings. The molecule has 0 spiro atoms. The van der Waals surface area contributed by atoms with Gasteiger partial charge in [0.25, 0.3) is 0 Å². The van der Waals surface area contributed by atoms with E-state index in [1.807, 2.05) is 30.3 Å². The van der Waals surface area contributed by atoms with Gasteiger partial charge in [-0.2, -0.15) is 0 Å². The molecule has 2 rings (SSSR count). The first-order valence-electron chi connectivity index (χ1n) is 5.52. The molecule has 2 nitrogen and oxygen atoms in total. The normalized spacial score (nSPS) is 20.4. The van der Waals surface area contributed by atoms with Crippen LogP contribution in [0.4, 0.5) is 0 Å². The van der Waals surface area contributed by atoms with Crippen LogP contribution in [0, 0.1) is 0 Å². The highest BCUT2D eigenvalue weighted by Crippen LogP contribution is 2.16. The SMILES string of the molecule is O=C(Cc1ccccc1)CC1CCCO1. The Balaban J connectivity index is 1.82. The lowest BCUT2D eigenvalue weighted by atomic mass is 10.0. The van der Waals surface area contributed by atoms with Gasteiger partial charge in [0.2, 0.25) is 0 Å². The Labute approximate surface area is 90.3 Å². The molecule has 1 aliphatic heterocycles. The molecule has 0 radical (unpaired) electrons. The number of hydrogen-bond acceptors (Lipinski definition) is 2. The maximum atomic E-state index is 11.7. The van der Waals surface area contributed by atoms with Crippen LogP contribution in [0.3, 0.4) is 0 Å². The summed E-state index contributed by atoms with van der Waals surface area (Å²) in [4.78, 5) is 11.7. The summed E-state index contributed by atoms with van der Waals surface area (Å²) in [5.41, 5.74) is 1.10. The average Bonchev–Trinajstić information content (AvgIpc) is 2.71. The van der Waals surface area contributed by atoms with Gasteiger partial charge in [-0.25, -0.2) is 0 Å². The molecule has 1 aromatic rings. The first kappa shape index (κ1) is 10.4. The molecule has 80 valence electrons. The summed E-state index contributed by atoms with van der Waals surface area (Å²) in [5.74, 6) is 0.285. The van der Waals surface area contributed by atoms with Crippen molar-refractivity contribution in [1.29, 1.82) is 0 Å². The molecule has 1 unspecified atom stereocenters. The van der Waals surface area contributed by atoms with Crippen LogP contribution < -0.4 is 0 Å². The van der Waals surface area contributed by atoms with E-state index >= 15 is 0 Å². The molecule has 2 heteroatoms. The van der Waals surface area contributed by atoms with Crippen LogP contribution in [0.5, 0.6) is 0 Å². The van der Waals surface area contributed by atoms with Crippen LogP contribution in [-0.4, -0.2) is 18.5 Å². The minimum atomic E-state index is 0.182. The summed E-state index contributed by atoms with van der Waals surface area (Å²) in [6, 6.07) is 9.89. The molecule has 0 amide bonds. The number of ketones is 1. The van der Waals surface area contributed by atoms with Crippen molar-refractivity contribution in [2.75, 3.05) is 6.61 Å². The van der Waals surface area contributed by atoms with Crippen LogP contribution in [0.25, 0.3) is 0 Å². The topological polar surface area (TPSA) is 26.3 Å². The number of benzene rings is 1. The van der Waals surface area contributed by atoms with Gasteiger partial charge in [-0.3, -0.25) is 4.79 Å². The van der Waals surface area contributed by atoms with E-state index < -0.39 is 0 Å². The zero-order valence-corrected chi connectivity index (χ0v) is 8.82. The molecule has 1 atom stereocenters. The number of rotatable bonds is 4. The number of Topliss-reactive ketones (excluding diaryl/α,β-unsaturated/α-hetero) is 1. The fraction of sp³-hybridized carbons (Fsp3) is 0.462. The first-order valence-corrected chi connectivity index (χ1v) is 5.52. The van der Waals surface area contributed by atoms with Crippen molar-refractivity contribution in [3.05, 3.63) is 35.9 Å². The van der Waals surface area contributed by atoms with Gasteiger partial charge in [0.15, 0.2) is 0 Å². The van der Waals surface area contributed by atoms with Gasteiger partial charge in [0.1, 0.15) is 5.78 Å². The van der Waals surface area contributed by atoms with Crippen molar-refractivity contribution in [3.8, 4) is 0 Å². The second kappa shape index (κ2) is 5.08.